The van der Waals surface area contributed by atoms with Crippen molar-refractivity contribution in [2.75, 3.05) is 11.1 Å². The molecule has 3 N–H and O–H groups in total. The van der Waals surface area contributed by atoms with Gasteiger partial charge in [0.25, 0.3) is 0 Å². The van der Waals surface area contributed by atoms with Gasteiger partial charge >= 0.3 is 0 Å². The first-order valence-electron chi connectivity index (χ1n) is 12.0. The van der Waals surface area contributed by atoms with Crippen molar-refractivity contribution in [2.45, 2.75) is 44.9 Å². The molecule has 2 aromatic carbocycles. The molecule has 1 fully saturated rings. The van der Waals surface area contributed by atoms with Gasteiger partial charge in [0.2, 0.25) is 0 Å². The number of para-hydroxylation sites is 1. The number of nitrogens with two attached hydrogens (primary N) is 1. The van der Waals surface area contributed by atoms with E-state index in [1.165, 1.54) is 37.7 Å². The summed E-state index contributed by atoms with van der Waals surface area (Å²) in [6.07, 6.45) is 9.94. The molecule has 6 heteroatoms. The van der Waals surface area contributed by atoms with E-state index >= 15 is 0 Å². The smallest absolute Gasteiger partial charge is 0.150 e. The van der Waals surface area contributed by atoms with E-state index in [-0.39, 0.29) is 0 Å². The Balaban J connectivity index is 1.47. The molecule has 0 atom stereocenters. The fraction of sp³-hybridized carbons (Fsp3) is 0.250. The van der Waals surface area contributed by atoms with Gasteiger partial charge in [-0.1, -0.05) is 49.6 Å². The summed E-state index contributed by atoms with van der Waals surface area (Å²) in [6.45, 7) is 2.12. The largest absolute Gasteiger partial charge is 0.382 e. The first-order valence-corrected chi connectivity index (χ1v) is 12.0. The lowest BCUT2D eigenvalue weighted by atomic mass is 9.89. The number of aromatic nitrogens is 4. The zero-order valence-corrected chi connectivity index (χ0v) is 19.3. The molecule has 1 saturated carbocycles. The molecule has 3 heterocycles. The molecule has 34 heavy (non-hydrogen) atoms. The fourth-order valence-corrected chi connectivity index (χ4v) is 5.22. The number of nitrogens with one attached hydrogen (secondary N) is 1. The van der Waals surface area contributed by atoms with Gasteiger partial charge in [0.15, 0.2) is 0 Å². The van der Waals surface area contributed by atoms with Crippen LogP contribution in [-0.4, -0.2) is 19.4 Å². The third-order valence-electron chi connectivity index (χ3n) is 6.92. The maximum Gasteiger partial charge on any atom is 0.150 e. The van der Waals surface area contributed by atoms with Gasteiger partial charge in [-0.3, -0.25) is 4.40 Å². The average Bonchev–Trinajstić information content (AvgIpc) is 3.26. The van der Waals surface area contributed by atoms with E-state index < -0.39 is 0 Å². The zero-order valence-electron chi connectivity index (χ0n) is 19.3. The Bertz CT molecular complexity index is 1480. The van der Waals surface area contributed by atoms with Gasteiger partial charge in [-0.2, -0.15) is 0 Å². The molecule has 0 unspecified atom stereocenters. The Labute approximate surface area is 198 Å². The van der Waals surface area contributed by atoms with E-state index in [0.29, 0.717) is 11.7 Å². The van der Waals surface area contributed by atoms with Crippen LogP contribution in [-0.2, 0) is 0 Å². The second kappa shape index (κ2) is 8.45. The maximum absolute atomic E-state index is 6.39. The SMILES string of the molecule is Cc1cc(Nc2ccccc2)nc2cc(-c3nc(C4CCCCC4)n4ccnc(N)c34)ccc12. The van der Waals surface area contributed by atoms with Gasteiger partial charge < -0.3 is 11.1 Å². The summed E-state index contributed by atoms with van der Waals surface area (Å²) in [5.74, 6) is 2.89. The molecule has 170 valence electrons. The quantitative estimate of drug-likeness (QED) is 0.323. The normalized spacial score (nSPS) is 14.6. The Kier molecular flexibility index (Phi) is 5.13. The van der Waals surface area contributed by atoms with Crippen LogP contribution < -0.4 is 11.1 Å². The minimum Gasteiger partial charge on any atom is -0.382 e. The van der Waals surface area contributed by atoms with Gasteiger partial charge in [0.1, 0.15) is 28.7 Å². The van der Waals surface area contributed by atoms with Crippen LogP contribution in [0.5, 0.6) is 0 Å². The molecule has 6 rings (SSSR count). The predicted molar refractivity (Wildman–Crippen MR) is 138 cm³/mol. The van der Waals surface area contributed by atoms with E-state index in [4.69, 9.17) is 15.7 Å². The highest BCUT2D eigenvalue weighted by Crippen LogP contribution is 2.37. The van der Waals surface area contributed by atoms with Crippen LogP contribution in [0.3, 0.4) is 0 Å². The Morgan fingerprint density at radius 3 is 2.62 bits per heavy atom. The number of pyridine rings is 1. The molecular weight excluding hydrogens is 420 g/mol. The van der Waals surface area contributed by atoms with Crippen molar-refractivity contribution in [3.63, 3.8) is 0 Å². The number of nitrogens with zero attached hydrogens (tertiary/aromatic N) is 4. The van der Waals surface area contributed by atoms with Gasteiger partial charge in [0, 0.05) is 34.9 Å². The number of fused-ring (bicyclic) bond motifs is 2. The number of benzene rings is 2. The number of hydrogen-bond donors (Lipinski definition) is 2. The molecule has 0 amide bonds. The lowest BCUT2D eigenvalue weighted by Crippen LogP contribution is -2.09. The van der Waals surface area contributed by atoms with Crippen molar-refractivity contribution in [2.24, 2.45) is 0 Å². The van der Waals surface area contributed by atoms with Crippen molar-refractivity contribution >= 4 is 33.7 Å². The molecule has 0 spiro atoms. The monoisotopic (exact) mass is 448 g/mol. The summed E-state index contributed by atoms with van der Waals surface area (Å²) in [6, 6.07) is 18.6. The predicted octanol–water partition coefficient (Wildman–Crippen LogP) is 6.63. The van der Waals surface area contributed by atoms with Gasteiger partial charge in [0.05, 0.1) is 5.52 Å². The van der Waals surface area contributed by atoms with E-state index in [0.717, 1.165) is 45.0 Å². The molecule has 3 aromatic heterocycles. The maximum atomic E-state index is 6.39. The van der Waals surface area contributed by atoms with Crippen LogP contribution in [0.4, 0.5) is 17.3 Å². The number of imidazole rings is 1. The first kappa shape index (κ1) is 20.7. The van der Waals surface area contributed by atoms with Crippen LogP contribution in [0, 0.1) is 6.92 Å². The highest BCUT2D eigenvalue weighted by molar-refractivity contribution is 5.92. The zero-order chi connectivity index (χ0) is 23.1. The Morgan fingerprint density at radius 1 is 0.971 bits per heavy atom. The molecule has 0 radical (unpaired) electrons. The van der Waals surface area contributed by atoms with Crippen LogP contribution in [0.25, 0.3) is 27.7 Å². The van der Waals surface area contributed by atoms with Crippen LogP contribution >= 0.6 is 0 Å². The van der Waals surface area contributed by atoms with Crippen molar-refractivity contribution in [1.29, 1.82) is 0 Å². The van der Waals surface area contributed by atoms with Gasteiger partial charge in [-0.15, -0.1) is 0 Å². The van der Waals surface area contributed by atoms with E-state index in [2.05, 4.69) is 45.9 Å². The highest BCUT2D eigenvalue weighted by atomic mass is 15.1. The summed E-state index contributed by atoms with van der Waals surface area (Å²) < 4.78 is 2.16. The van der Waals surface area contributed by atoms with Crippen molar-refractivity contribution in [3.05, 3.63) is 78.4 Å². The second-order valence-corrected chi connectivity index (χ2v) is 9.23. The number of hydrogen-bond acceptors (Lipinski definition) is 5. The number of anilines is 3. The summed E-state index contributed by atoms with van der Waals surface area (Å²) in [5.41, 5.74) is 12.3. The van der Waals surface area contributed by atoms with Crippen molar-refractivity contribution in [3.8, 4) is 11.3 Å². The topological polar surface area (TPSA) is 81.1 Å². The lowest BCUT2D eigenvalue weighted by molar-refractivity contribution is 0.428. The number of aryl methyl sites for hydroxylation is 1. The third kappa shape index (κ3) is 3.65. The molecule has 6 nitrogen and oxygen atoms in total. The van der Waals surface area contributed by atoms with Crippen LogP contribution in [0.1, 0.15) is 49.4 Å². The van der Waals surface area contributed by atoms with Crippen molar-refractivity contribution in [1.82, 2.24) is 19.4 Å². The van der Waals surface area contributed by atoms with Crippen LogP contribution in [0.2, 0.25) is 0 Å². The van der Waals surface area contributed by atoms with E-state index in [9.17, 15) is 0 Å². The molecule has 1 aliphatic carbocycles. The minimum atomic E-state index is 0.458. The summed E-state index contributed by atoms with van der Waals surface area (Å²) >= 11 is 0. The molecule has 0 saturated heterocycles. The summed E-state index contributed by atoms with van der Waals surface area (Å²) in [5, 5.41) is 4.55. The van der Waals surface area contributed by atoms with Crippen LogP contribution in [0.15, 0.2) is 67.0 Å². The number of nitrogen functional groups attached to an aromatic ring is 1. The van der Waals surface area contributed by atoms with E-state index in [1.807, 2.05) is 36.5 Å². The van der Waals surface area contributed by atoms with E-state index in [1.54, 1.807) is 6.20 Å². The number of rotatable bonds is 4. The molecule has 0 aliphatic heterocycles. The third-order valence-corrected chi connectivity index (χ3v) is 6.92. The minimum absolute atomic E-state index is 0.458. The van der Waals surface area contributed by atoms with Gasteiger partial charge in [-0.05, 0) is 49.6 Å². The summed E-state index contributed by atoms with van der Waals surface area (Å²) in [7, 11) is 0. The average molecular weight is 449 g/mol. The molecule has 1 aliphatic rings. The highest BCUT2D eigenvalue weighted by Gasteiger charge is 2.24. The fourth-order valence-electron chi connectivity index (χ4n) is 5.22. The lowest BCUT2D eigenvalue weighted by Gasteiger charge is -2.20. The second-order valence-electron chi connectivity index (χ2n) is 9.23. The van der Waals surface area contributed by atoms with Gasteiger partial charge in [-0.25, -0.2) is 15.0 Å². The first-order chi connectivity index (χ1) is 16.7. The Morgan fingerprint density at radius 2 is 1.79 bits per heavy atom. The Hall–Kier alpha value is -3.93. The standard InChI is InChI=1S/C28H28N6/c1-18-16-24(31-21-10-6-3-7-11-21)32-23-17-20(12-13-22(18)23)25-26-27(29)30-14-15-34(26)28(33-25)19-8-4-2-5-9-19/h3,6-7,10-17,19H,2,4-5,8-9H2,1H3,(H2,29,30)(H,31,32). The molecule has 0 bridgehead atoms. The molecular formula is C28H28N6. The molecule has 5 aromatic rings. The summed E-state index contributed by atoms with van der Waals surface area (Å²) in [4.78, 5) is 14.5. The van der Waals surface area contributed by atoms with Crippen molar-refractivity contribution < 1.29 is 0 Å².